The van der Waals surface area contributed by atoms with Crippen molar-refractivity contribution in [2.45, 2.75) is 50.2 Å². The molecule has 0 saturated heterocycles. The zero-order valence-corrected chi connectivity index (χ0v) is 15.0. The van der Waals surface area contributed by atoms with Crippen LogP contribution in [0.15, 0.2) is 29.4 Å². The van der Waals surface area contributed by atoms with Gasteiger partial charge in [-0.3, -0.25) is 9.59 Å². The van der Waals surface area contributed by atoms with Crippen molar-refractivity contribution in [3.05, 3.63) is 29.8 Å². The van der Waals surface area contributed by atoms with E-state index in [4.69, 9.17) is 0 Å². The van der Waals surface area contributed by atoms with E-state index in [0.29, 0.717) is 22.4 Å². The van der Waals surface area contributed by atoms with Crippen molar-refractivity contribution < 1.29 is 9.59 Å². The summed E-state index contributed by atoms with van der Waals surface area (Å²) in [5.74, 6) is -0.0685. The molecule has 0 spiro atoms. The highest BCUT2D eigenvalue weighted by Crippen LogP contribution is 2.30. The molecule has 1 amide bonds. The minimum absolute atomic E-state index is 0.0789. The summed E-state index contributed by atoms with van der Waals surface area (Å²) in [6.45, 7) is 1.48. The fourth-order valence-electron chi connectivity index (χ4n) is 3.05. The molecule has 1 N–H and O–H groups in total. The van der Waals surface area contributed by atoms with E-state index in [1.165, 1.54) is 37.9 Å². The third-order valence-electron chi connectivity index (χ3n) is 4.30. The largest absolute Gasteiger partial charge is 0.325 e. The minimum atomic E-state index is -0.183. The van der Waals surface area contributed by atoms with E-state index in [-0.39, 0.29) is 17.4 Å². The van der Waals surface area contributed by atoms with Crippen molar-refractivity contribution in [3.8, 4) is 0 Å². The highest BCUT2D eigenvalue weighted by molar-refractivity contribution is 7.99. The zero-order chi connectivity index (χ0) is 17.6. The van der Waals surface area contributed by atoms with Crippen molar-refractivity contribution in [1.82, 2.24) is 20.2 Å². The van der Waals surface area contributed by atoms with Gasteiger partial charge in [-0.25, -0.2) is 4.68 Å². The summed E-state index contributed by atoms with van der Waals surface area (Å²) in [6, 6.07) is 7.33. The Morgan fingerprint density at radius 2 is 2.00 bits per heavy atom. The Bertz CT molecular complexity index is 755. The Morgan fingerprint density at radius 1 is 1.24 bits per heavy atom. The summed E-state index contributed by atoms with van der Waals surface area (Å²) in [5.41, 5.74) is 1.04. The molecule has 0 unspecified atom stereocenters. The first-order valence-electron chi connectivity index (χ1n) is 8.45. The molecule has 7 nitrogen and oxygen atoms in total. The van der Waals surface area contributed by atoms with E-state index in [2.05, 4.69) is 20.8 Å². The van der Waals surface area contributed by atoms with Crippen LogP contribution < -0.4 is 5.32 Å². The molecule has 1 aromatic carbocycles. The number of carbonyl (C=O) groups excluding carboxylic acids is 2. The lowest BCUT2D eigenvalue weighted by Gasteiger charge is -2.21. The number of aromatic nitrogens is 4. The van der Waals surface area contributed by atoms with Crippen LogP contribution in [-0.2, 0) is 4.79 Å². The second-order valence-corrected chi connectivity index (χ2v) is 7.08. The van der Waals surface area contributed by atoms with Gasteiger partial charge in [0, 0.05) is 5.56 Å². The number of nitrogens with one attached hydrogen (secondary N) is 1. The average molecular weight is 359 g/mol. The van der Waals surface area contributed by atoms with E-state index >= 15 is 0 Å². The highest BCUT2D eigenvalue weighted by atomic mass is 32.2. The zero-order valence-electron chi connectivity index (χ0n) is 14.1. The van der Waals surface area contributed by atoms with Crippen LogP contribution in [0, 0.1) is 0 Å². The second kappa shape index (κ2) is 8.24. The monoisotopic (exact) mass is 359 g/mol. The molecular weight excluding hydrogens is 338 g/mol. The number of hydrogen-bond acceptors (Lipinski definition) is 6. The first-order chi connectivity index (χ1) is 12.1. The summed E-state index contributed by atoms with van der Waals surface area (Å²) in [7, 11) is 0. The number of thioether (sulfide) groups is 1. The normalized spacial score (nSPS) is 15.1. The molecule has 0 atom stereocenters. The molecular formula is C17H21N5O2S. The fraction of sp³-hybridized carbons (Fsp3) is 0.471. The van der Waals surface area contributed by atoms with Gasteiger partial charge >= 0.3 is 0 Å². The number of rotatable bonds is 6. The van der Waals surface area contributed by atoms with Crippen LogP contribution in [0.4, 0.5) is 5.69 Å². The molecule has 0 bridgehead atoms. The summed E-state index contributed by atoms with van der Waals surface area (Å²) < 4.78 is 1.85. The Morgan fingerprint density at radius 3 is 2.76 bits per heavy atom. The third kappa shape index (κ3) is 4.45. The van der Waals surface area contributed by atoms with Gasteiger partial charge in [0.15, 0.2) is 5.78 Å². The number of anilines is 1. The number of hydrogen-bond donors (Lipinski definition) is 1. The summed E-state index contributed by atoms with van der Waals surface area (Å²) in [4.78, 5) is 23.9. The van der Waals surface area contributed by atoms with Crippen LogP contribution in [0.25, 0.3) is 0 Å². The SMILES string of the molecule is CC(=O)c1ccccc1NC(=O)CSc1nnnn1C1CCCCC1. The van der Waals surface area contributed by atoms with Crippen LogP contribution >= 0.6 is 11.8 Å². The smallest absolute Gasteiger partial charge is 0.234 e. The lowest BCUT2D eigenvalue weighted by molar-refractivity contribution is -0.113. The summed E-state index contributed by atoms with van der Waals surface area (Å²) >= 11 is 1.32. The van der Waals surface area contributed by atoms with Gasteiger partial charge in [-0.15, -0.1) is 5.10 Å². The predicted octanol–water partition coefficient (Wildman–Crippen LogP) is 3.11. The molecule has 1 fully saturated rings. The molecule has 3 rings (SSSR count). The molecule has 1 heterocycles. The number of amides is 1. The van der Waals surface area contributed by atoms with Gasteiger partial charge in [-0.1, -0.05) is 43.2 Å². The Kier molecular flexibility index (Phi) is 5.80. The highest BCUT2D eigenvalue weighted by Gasteiger charge is 2.21. The van der Waals surface area contributed by atoms with E-state index in [0.717, 1.165) is 12.8 Å². The van der Waals surface area contributed by atoms with E-state index in [9.17, 15) is 9.59 Å². The maximum atomic E-state index is 12.2. The Hall–Kier alpha value is -2.22. The van der Waals surface area contributed by atoms with Crippen LogP contribution in [-0.4, -0.2) is 37.7 Å². The van der Waals surface area contributed by atoms with Crippen molar-refractivity contribution >= 4 is 29.1 Å². The molecule has 1 aliphatic rings. The average Bonchev–Trinajstić information content (AvgIpc) is 3.09. The molecule has 2 aromatic rings. The number of tetrazole rings is 1. The molecule has 8 heteroatoms. The maximum absolute atomic E-state index is 12.2. The Labute approximate surface area is 150 Å². The summed E-state index contributed by atoms with van der Waals surface area (Å²) in [5, 5.41) is 15.4. The van der Waals surface area contributed by atoms with Gasteiger partial charge in [-0.05, 0) is 42.3 Å². The second-order valence-electron chi connectivity index (χ2n) is 6.14. The van der Waals surface area contributed by atoms with Crippen molar-refractivity contribution in [3.63, 3.8) is 0 Å². The third-order valence-corrected chi connectivity index (χ3v) is 5.23. The van der Waals surface area contributed by atoms with Gasteiger partial charge < -0.3 is 5.32 Å². The van der Waals surface area contributed by atoms with E-state index in [1.807, 2.05) is 4.68 Å². The van der Waals surface area contributed by atoms with Crippen molar-refractivity contribution in [2.24, 2.45) is 0 Å². The lowest BCUT2D eigenvalue weighted by Crippen LogP contribution is -2.18. The van der Waals surface area contributed by atoms with E-state index in [1.54, 1.807) is 24.3 Å². The molecule has 1 saturated carbocycles. The fourth-order valence-corrected chi connectivity index (χ4v) is 3.80. The van der Waals surface area contributed by atoms with Crippen LogP contribution in [0.1, 0.15) is 55.4 Å². The number of benzene rings is 1. The van der Waals surface area contributed by atoms with Crippen LogP contribution in [0.2, 0.25) is 0 Å². The number of nitrogens with zero attached hydrogens (tertiary/aromatic N) is 4. The number of Topliss-reactive ketones (excluding diaryl/α,β-unsaturated/α-hetero) is 1. The minimum Gasteiger partial charge on any atom is -0.325 e. The van der Waals surface area contributed by atoms with Gasteiger partial charge in [0.1, 0.15) is 0 Å². The van der Waals surface area contributed by atoms with Gasteiger partial charge in [0.25, 0.3) is 0 Å². The molecule has 1 aromatic heterocycles. The molecule has 0 aliphatic heterocycles. The summed E-state index contributed by atoms with van der Waals surface area (Å²) in [6.07, 6.45) is 5.81. The van der Waals surface area contributed by atoms with Gasteiger partial charge in [-0.2, -0.15) is 0 Å². The number of carbonyl (C=O) groups is 2. The Balaban J connectivity index is 1.60. The van der Waals surface area contributed by atoms with Crippen LogP contribution in [0.3, 0.4) is 0 Å². The predicted molar refractivity (Wildman–Crippen MR) is 95.7 cm³/mol. The molecule has 132 valence electrons. The quantitative estimate of drug-likeness (QED) is 0.629. The number of ketones is 1. The van der Waals surface area contributed by atoms with E-state index < -0.39 is 0 Å². The molecule has 1 aliphatic carbocycles. The molecule has 0 radical (unpaired) electrons. The van der Waals surface area contributed by atoms with Gasteiger partial charge in [0.05, 0.1) is 17.5 Å². The van der Waals surface area contributed by atoms with Crippen LogP contribution in [0.5, 0.6) is 0 Å². The topological polar surface area (TPSA) is 89.8 Å². The lowest BCUT2D eigenvalue weighted by atomic mass is 9.96. The maximum Gasteiger partial charge on any atom is 0.234 e. The standard InChI is InChI=1S/C17H21N5O2S/c1-12(23)14-9-5-6-10-15(14)18-16(24)11-25-17-19-20-21-22(17)13-7-3-2-4-8-13/h5-6,9-10,13H,2-4,7-8,11H2,1H3,(H,18,24). The van der Waals surface area contributed by atoms with Crippen molar-refractivity contribution in [2.75, 3.05) is 11.1 Å². The van der Waals surface area contributed by atoms with Crippen molar-refractivity contribution in [1.29, 1.82) is 0 Å². The number of para-hydroxylation sites is 1. The molecule has 25 heavy (non-hydrogen) atoms. The first kappa shape index (κ1) is 17.6. The van der Waals surface area contributed by atoms with Gasteiger partial charge in [0.2, 0.25) is 11.1 Å². The first-order valence-corrected chi connectivity index (χ1v) is 9.44.